The lowest BCUT2D eigenvalue weighted by Crippen LogP contribution is -2.22. The summed E-state index contributed by atoms with van der Waals surface area (Å²) in [7, 11) is 0. The maximum absolute atomic E-state index is 12.1. The van der Waals surface area contributed by atoms with E-state index in [0.29, 0.717) is 26.4 Å². The first-order valence-corrected chi connectivity index (χ1v) is 12.0. The molecule has 0 saturated heterocycles. The van der Waals surface area contributed by atoms with Crippen LogP contribution in [0.4, 0.5) is 11.4 Å². The summed E-state index contributed by atoms with van der Waals surface area (Å²) in [6, 6.07) is 19.4. The number of ether oxygens (including phenoxy) is 1. The monoisotopic (exact) mass is 536 g/mol. The number of rotatable bonds is 9. The third-order valence-electron chi connectivity index (χ3n) is 4.31. The van der Waals surface area contributed by atoms with Crippen LogP contribution in [0.3, 0.4) is 0 Å². The van der Waals surface area contributed by atoms with E-state index < -0.39 is 18.5 Å². The van der Waals surface area contributed by atoms with E-state index >= 15 is 0 Å². The number of carbonyl (C=O) groups is 3. The summed E-state index contributed by atoms with van der Waals surface area (Å²) in [5, 5.41) is 6.61. The van der Waals surface area contributed by atoms with Crippen molar-refractivity contribution in [2.45, 2.75) is 22.6 Å². The number of carbonyl (C=O) groups excluding carboxylic acids is 3. The van der Waals surface area contributed by atoms with Gasteiger partial charge >= 0.3 is 5.97 Å². The zero-order valence-corrected chi connectivity index (χ0v) is 20.7. The lowest BCUT2D eigenvalue weighted by molar-refractivity contribution is -0.147. The van der Waals surface area contributed by atoms with E-state index in [1.54, 1.807) is 30.0 Å². The molecular weight excluding hydrogens is 519 g/mol. The minimum Gasteiger partial charge on any atom is -0.456 e. The molecule has 0 aliphatic heterocycles. The highest BCUT2D eigenvalue weighted by Gasteiger charge is 2.12. The van der Waals surface area contributed by atoms with E-state index in [-0.39, 0.29) is 18.7 Å². The smallest absolute Gasteiger partial charge is 0.306 e. The van der Waals surface area contributed by atoms with Gasteiger partial charge < -0.3 is 15.4 Å². The predicted molar refractivity (Wildman–Crippen MR) is 136 cm³/mol. The SMILES string of the molecule is O=C(CCC(=O)OCC(=O)Nc1cc(Cl)ccc1Cl)Nc1ccc(Sc2ccc(Cl)cc2)cc1. The second-order valence-electron chi connectivity index (χ2n) is 6.96. The van der Waals surface area contributed by atoms with Crippen LogP contribution in [-0.2, 0) is 19.1 Å². The Balaban J connectivity index is 1.37. The van der Waals surface area contributed by atoms with Gasteiger partial charge in [0.1, 0.15) is 0 Å². The first-order valence-electron chi connectivity index (χ1n) is 10.0. The molecule has 0 saturated carbocycles. The Morgan fingerprint density at radius 2 is 1.35 bits per heavy atom. The molecule has 2 amide bonds. The van der Waals surface area contributed by atoms with Crippen LogP contribution in [0.25, 0.3) is 0 Å². The molecule has 3 rings (SSSR count). The molecule has 0 unspecified atom stereocenters. The highest BCUT2D eigenvalue weighted by Crippen LogP contribution is 2.29. The third-order valence-corrected chi connectivity index (χ3v) is 6.14. The van der Waals surface area contributed by atoms with Crippen molar-refractivity contribution in [2.75, 3.05) is 17.2 Å². The number of anilines is 2. The first kappa shape index (κ1) is 25.9. The molecule has 0 heterocycles. The van der Waals surface area contributed by atoms with Crippen LogP contribution in [0.1, 0.15) is 12.8 Å². The van der Waals surface area contributed by atoms with E-state index in [4.69, 9.17) is 39.5 Å². The summed E-state index contributed by atoms with van der Waals surface area (Å²) in [6.07, 6.45) is -0.247. The average molecular weight is 538 g/mol. The molecule has 0 aliphatic rings. The van der Waals surface area contributed by atoms with Crippen molar-refractivity contribution in [1.82, 2.24) is 0 Å². The van der Waals surface area contributed by atoms with E-state index in [2.05, 4.69) is 10.6 Å². The van der Waals surface area contributed by atoms with Gasteiger partial charge in [0.2, 0.25) is 5.91 Å². The molecule has 0 bridgehead atoms. The highest BCUT2D eigenvalue weighted by atomic mass is 35.5. The van der Waals surface area contributed by atoms with Crippen LogP contribution in [-0.4, -0.2) is 24.4 Å². The summed E-state index contributed by atoms with van der Waals surface area (Å²) in [5.41, 5.74) is 0.920. The summed E-state index contributed by atoms with van der Waals surface area (Å²) < 4.78 is 4.91. The van der Waals surface area contributed by atoms with Crippen LogP contribution < -0.4 is 10.6 Å². The van der Waals surface area contributed by atoms with Crippen molar-refractivity contribution in [2.24, 2.45) is 0 Å². The molecule has 0 aliphatic carbocycles. The standard InChI is InChI=1S/C24H19Cl3N2O4S/c25-15-1-6-18(7-2-15)34-19-8-4-17(5-9-19)28-22(30)11-12-24(32)33-14-23(31)29-21-13-16(26)3-10-20(21)27/h1-10,13H,11-12,14H2,(H,28,30)(H,29,31). The molecule has 3 aromatic carbocycles. The molecule has 34 heavy (non-hydrogen) atoms. The van der Waals surface area contributed by atoms with Crippen LogP contribution in [0, 0.1) is 0 Å². The van der Waals surface area contributed by atoms with Crippen molar-refractivity contribution < 1.29 is 19.1 Å². The molecule has 0 radical (unpaired) electrons. The van der Waals surface area contributed by atoms with Crippen molar-refractivity contribution in [3.05, 3.63) is 81.8 Å². The van der Waals surface area contributed by atoms with Gasteiger partial charge in [0, 0.05) is 31.9 Å². The van der Waals surface area contributed by atoms with Gasteiger partial charge in [-0.2, -0.15) is 0 Å². The fourth-order valence-corrected chi connectivity index (χ4v) is 3.96. The number of amides is 2. The van der Waals surface area contributed by atoms with E-state index in [1.165, 1.54) is 12.1 Å². The molecule has 0 fully saturated rings. The normalized spacial score (nSPS) is 10.4. The summed E-state index contributed by atoms with van der Waals surface area (Å²) in [5.74, 6) is -1.58. The number of esters is 1. The molecule has 0 aromatic heterocycles. The minimum absolute atomic E-state index is 0.0815. The lowest BCUT2D eigenvalue weighted by Gasteiger charge is -2.09. The molecule has 10 heteroatoms. The number of hydrogen-bond acceptors (Lipinski definition) is 5. The number of halogens is 3. The molecule has 0 spiro atoms. The Labute approximate surface area is 215 Å². The van der Waals surface area contributed by atoms with Gasteiger partial charge in [0.25, 0.3) is 5.91 Å². The molecular formula is C24H19Cl3N2O4S. The fraction of sp³-hybridized carbons (Fsp3) is 0.125. The topological polar surface area (TPSA) is 84.5 Å². The molecule has 3 aromatic rings. The Bertz CT molecular complexity index is 1170. The Hall–Kier alpha value is -2.71. The number of hydrogen-bond donors (Lipinski definition) is 2. The first-order chi connectivity index (χ1) is 16.3. The van der Waals surface area contributed by atoms with Gasteiger partial charge in [-0.3, -0.25) is 14.4 Å². The van der Waals surface area contributed by atoms with Gasteiger partial charge in [0.05, 0.1) is 17.1 Å². The maximum Gasteiger partial charge on any atom is 0.306 e. The van der Waals surface area contributed by atoms with Gasteiger partial charge in [0.15, 0.2) is 6.61 Å². The summed E-state index contributed by atoms with van der Waals surface area (Å²) >= 11 is 19.3. The van der Waals surface area contributed by atoms with E-state index in [1.807, 2.05) is 36.4 Å². The third kappa shape index (κ3) is 8.57. The molecule has 176 valence electrons. The maximum atomic E-state index is 12.1. The molecule has 6 nitrogen and oxygen atoms in total. The van der Waals surface area contributed by atoms with Crippen molar-refractivity contribution >= 4 is 75.7 Å². The van der Waals surface area contributed by atoms with Gasteiger partial charge in [-0.25, -0.2) is 0 Å². The van der Waals surface area contributed by atoms with Crippen molar-refractivity contribution in [3.63, 3.8) is 0 Å². The van der Waals surface area contributed by atoms with Gasteiger partial charge in [-0.1, -0.05) is 46.6 Å². The second-order valence-corrected chi connectivity index (χ2v) is 9.39. The largest absolute Gasteiger partial charge is 0.456 e. The van der Waals surface area contributed by atoms with Crippen LogP contribution in [0.15, 0.2) is 76.5 Å². The molecule has 2 N–H and O–H groups in total. The number of benzene rings is 3. The Morgan fingerprint density at radius 1 is 0.735 bits per heavy atom. The van der Waals surface area contributed by atoms with Crippen LogP contribution >= 0.6 is 46.6 Å². The summed E-state index contributed by atoms with van der Waals surface area (Å²) in [4.78, 5) is 38.0. The van der Waals surface area contributed by atoms with Gasteiger partial charge in [-0.05, 0) is 66.7 Å². The van der Waals surface area contributed by atoms with Crippen LogP contribution in [0.2, 0.25) is 15.1 Å². The second kappa shape index (κ2) is 12.7. The Morgan fingerprint density at radius 3 is 2.03 bits per heavy atom. The fourth-order valence-electron chi connectivity index (χ4n) is 2.68. The minimum atomic E-state index is -0.669. The van der Waals surface area contributed by atoms with Gasteiger partial charge in [-0.15, -0.1) is 0 Å². The zero-order valence-electron chi connectivity index (χ0n) is 17.6. The average Bonchev–Trinajstić information content (AvgIpc) is 2.81. The van der Waals surface area contributed by atoms with E-state index in [0.717, 1.165) is 9.79 Å². The van der Waals surface area contributed by atoms with Crippen LogP contribution in [0.5, 0.6) is 0 Å². The molecule has 0 atom stereocenters. The lowest BCUT2D eigenvalue weighted by atomic mass is 10.2. The summed E-state index contributed by atoms with van der Waals surface area (Å²) in [6.45, 7) is -0.504. The Kier molecular flexibility index (Phi) is 9.65. The highest BCUT2D eigenvalue weighted by molar-refractivity contribution is 7.99. The quantitative estimate of drug-likeness (QED) is 0.297. The van der Waals surface area contributed by atoms with E-state index in [9.17, 15) is 14.4 Å². The van der Waals surface area contributed by atoms with Crippen molar-refractivity contribution in [3.8, 4) is 0 Å². The van der Waals surface area contributed by atoms with Crippen molar-refractivity contribution in [1.29, 1.82) is 0 Å². The number of nitrogens with one attached hydrogen (secondary N) is 2. The predicted octanol–water partition coefficient (Wildman–Crippen LogP) is 6.70. The zero-order chi connectivity index (χ0) is 24.5.